The molecule has 0 heterocycles. The number of halogens is 1. The molecule has 0 fully saturated rings. The molecular formula is C15H12FNO2. The predicted molar refractivity (Wildman–Crippen MR) is 68.3 cm³/mol. The van der Waals surface area contributed by atoms with Gasteiger partial charge in [-0.1, -0.05) is 12.1 Å². The van der Waals surface area contributed by atoms with E-state index in [0.29, 0.717) is 5.75 Å². The maximum Gasteiger partial charge on any atom is 0.167 e. The second-order valence-electron chi connectivity index (χ2n) is 4.10. The molecule has 0 amide bonds. The Bertz CT molecular complexity index is 615. The van der Waals surface area contributed by atoms with Crippen LogP contribution in [0.4, 0.5) is 4.39 Å². The Labute approximate surface area is 110 Å². The number of rotatable bonds is 3. The lowest BCUT2D eigenvalue weighted by Crippen LogP contribution is -1.92. The summed E-state index contributed by atoms with van der Waals surface area (Å²) >= 11 is 0. The van der Waals surface area contributed by atoms with Crippen LogP contribution in [0.2, 0.25) is 0 Å². The molecular weight excluding hydrogens is 245 g/mol. The molecule has 0 aliphatic carbocycles. The van der Waals surface area contributed by atoms with E-state index in [1.165, 1.54) is 12.1 Å². The second-order valence-corrected chi connectivity index (χ2v) is 4.10. The molecule has 4 heteroatoms. The normalized spacial score (nSPS) is 11.7. The van der Waals surface area contributed by atoms with Gasteiger partial charge in [0.25, 0.3) is 0 Å². The van der Waals surface area contributed by atoms with Gasteiger partial charge < -0.3 is 9.84 Å². The van der Waals surface area contributed by atoms with Gasteiger partial charge >= 0.3 is 0 Å². The summed E-state index contributed by atoms with van der Waals surface area (Å²) in [5, 5.41) is 18.0. The highest BCUT2D eigenvalue weighted by Gasteiger charge is 2.07. The van der Waals surface area contributed by atoms with Gasteiger partial charge in [-0.2, -0.15) is 5.26 Å². The minimum absolute atomic E-state index is 0.0591. The van der Waals surface area contributed by atoms with Crippen LogP contribution in [-0.2, 0) is 0 Å². The SMILES string of the molecule is C[C@H](O)c1ccc(Oc2ccc(C#N)cc2F)cc1. The van der Waals surface area contributed by atoms with Crippen molar-refractivity contribution in [1.29, 1.82) is 5.26 Å². The van der Waals surface area contributed by atoms with Crippen molar-refractivity contribution in [2.75, 3.05) is 0 Å². The third-order valence-electron chi connectivity index (χ3n) is 2.65. The highest BCUT2D eigenvalue weighted by molar-refractivity contribution is 5.39. The summed E-state index contributed by atoms with van der Waals surface area (Å²) in [5.74, 6) is -0.0598. The number of hydrogen-bond acceptors (Lipinski definition) is 3. The van der Waals surface area contributed by atoms with E-state index in [2.05, 4.69) is 0 Å². The molecule has 0 aromatic heterocycles. The monoisotopic (exact) mass is 257 g/mol. The summed E-state index contributed by atoms with van der Waals surface area (Å²) in [6.45, 7) is 1.66. The van der Waals surface area contributed by atoms with Crippen LogP contribution in [0.15, 0.2) is 42.5 Å². The van der Waals surface area contributed by atoms with Crippen molar-refractivity contribution >= 4 is 0 Å². The van der Waals surface area contributed by atoms with Crippen LogP contribution >= 0.6 is 0 Å². The molecule has 0 bridgehead atoms. The molecule has 0 unspecified atom stereocenters. The van der Waals surface area contributed by atoms with Crippen molar-refractivity contribution in [3.05, 3.63) is 59.4 Å². The van der Waals surface area contributed by atoms with Gasteiger partial charge in [-0.25, -0.2) is 4.39 Å². The average molecular weight is 257 g/mol. The largest absolute Gasteiger partial charge is 0.454 e. The van der Waals surface area contributed by atoms with E-state index in [1.807, 2.05) is 6.07 Å². The molecule has 0 aliphatic rings. The van der Waals surface area contributed by atoms with E-state index < -0.39 is 11.9 Å². The molecule has 1 N–H and O–H groups in total. The minimum Gasteiger partial charge on any atom is -0.454 e. The Morgan fingerprint density at radius 1 is 1.21 bits per heavy atom. The molecule has 0 radical (unpaired) electrons. The minimum atomic E-state index is -0.585. The number of aliphatic hydroxyl groups excluding tert-OH is 1. The number of benzene rings is 2. The Hall–Kier alpha value is -2.38. The molecule has 0 spiro atoms. The quantitative estimate of drug-likeness (QED) is 0.914. The smallest absolute Gasteiger partial charge is 0.167 e. The average Bonchev–Trinajstić information content (AvgIpc) is 2.41. The van der Waals surface area contributed by atoms with Gasteiger partial charge in [-0.05, 0) is 42.8 Å². The third kappa shape index (κ3) is 3.09. The summed E-state index contributed by atoms with van der Waals surface area (Å²) < 4.78 is 19.0. The second kappa shape index (κ2) is 5.51. The maximum absolute atomic E-state index is 13.6. The van der Waals surface area contributed by atoms with E-state index in [9.17, 15) is 9.50 Å². The number of aliphatic hydroxyl groups is 1. The number of ether oxygens (including phenoxy) is 1. The summed E-state index contributed by atoms with van der Waals surface area (Å²) in [4.78, 5) is 0. The Morgan fingerprint density at radius 2 is 1.89 bits per heavy atom. The Kier molecular flexibility index (Phi) is 3.79. The standard InChI is InChI=1S/C15H12FNO2/c1-10(18)12-3-5-13(6-4-12)19-15-7-2-11(9-17)8-14(15)16/h2-8,10,18H,1H3/t10-/m0/s1. The van der Waals surface area contributed by atoms with Crippen molar-refractivity contribution in [2.24, 2.45) is 0 Å². The van der Waals surface area contributed by atoms with Crippen molar-refractivity contribution in [2.45, 2.75) is 13.0 Å². The summed E-state index contributed by atoms with van der Waals surface area (Å²) in [6, 6.07) is 12.6. The summed E-state index contributed by atoms with van der Waals surface area (Å²) in [6.07, 6.45) is -0.555. The van der Waals surface area contributed by atoms with E-state index in [1.54, 1.807) is 31.2 Å². The predicted octanol–water partition coefficient (Wildman–Crippen LogP) is 3.54. The molecule has 1 atom stereocenters. The lowest BCUT2D eigenvalue weighted by Gasteiger charge is -2.09. The Balaban J connectivity index is 2.19. The van der Waals surface area contributed by atoms with Crippen LogP contribution in [0.25, 0.3) is 0 Å². The number of nitrogens with zero attached hydrogens (tertiary/aromatic N) is 1. The van der Waals surface area contributed by atoms with Crippen LogP contribution < -0.4 is 4.74 Å². The van der Waals surface area contributed by atoms with E-state index in [0.717, 1.165) is 11.6 Å². The molecule has 2 aromatic carbocycles. The van der Waals surface area contributed by atoms with E-state index in [4.69, 9.17) is 10.00 Å². The zero-order valence-electron chi connectivity index (χ0n) is 10.3. The first kappa shape index (κ1) is 13.1. The Morgan fingerprint density at radius 3 is 2.42 bits per heavy atom. The van der Waals surface area contributed by atoms with Crippen molar-refractivity contribution in [1.82, 2.24) is 0 Å². The molecule has 2 rings (SSSR count). The van der Waals surface area contributed by atoms with Crippen molar-refractivity contribution in [3.63, 3.8) is 0 Å². The molecule has 0 saturated carbocycles. The van der Waals surface area contributed by atoms with Gasteiger partial charge in [0.1, 0.15) is 5.75 Å². The van der Waals surface area contributed by atoms with Gasteiger partial charge in [0.05, 0.1) is 17.7 Å². The molecule has 19 heavy (non-hydrogen) atoms. The van der Waals surface area contributed by atoms with Crippen molar-refractivity contribution in [3.8, 4) is 17.6 Å². The topological polar surface area (TPSA) is 53.2 Å². The fourth-order valence-corrected chi connectivity index (χ4v) is 1.59. The summed E-state index contributed by atoms with van der Waals surface area (Å²) in [7, 11) is 0. The number of nitriles is 1. The highest BCUT2D eigenvalue weighted by atomic mass is 19.1. The fourth-order valence-electron chi connectivity index (χ4n) is 1.59. The van der Waals surface area contributed by atoms with E-state index >= 15 is 0 Å². The number of hydrogen-bond donors (Lipinski definition) is 1. The zero-order chi connectivity index (χ0) is 13.8. The van der Waals surface area contributed by atoms with Crippen LogP contribution in [-0.4, -0.2) is 5.11 Å². The lowest BCUT2D eigenvalue weighted by atomic mass is 10.1. The zero-order valence-corrected chi connectivity index (χ0v) is 10.3. The fraction of sp³-hybridized carbons (Fsp3) is 0.133. The van der Waals surface area contributed by atoms with Gasteiger partial charge in [0.15, 0.2) is 11.6 Å². The molecule has 2 aromatic rings. The van der Waals surface area contributed by atoms with Crippen LogP contribution in [0.1, 0.15) is 24.2 Å². The first-order chi connectivity index (χ1) is 9.10. The van der Waals surface area contributed by atoms with Crippen LogP contribution in [0.5, 0.6) is 11.5 Å². The van der Waals surface area contributed by atoms with Gasteiger partial charge in [0.2, 0.25) is 0 Å². The summed E-state index contributed by atoms with van der Waals surface area (Å²) in [5.41, 5.74) is 1.00. The van der Waals surface area contributed by atoms with Gasteiger partial charge in [-0.3, -0.25) is 0 Å². The molecule has 96 valence electrons. The van der Waals surface area contributed by atoms with Gasteiger partial charge in [0, 0.05) is 0 Å². The maximum atomic E-state index is 13.6. The van der Waals surface area contributed by atoms with Gasteiger partial charge in [-0.15, -0.1) is 0 Å². The van der Waals surface area contributed by atoms with Crippen LogP contribution in [0, 0.1) is 17.1 Å². The van der Waals surface area contributed by atoms with E-state index in [-0.39, 0.29) is 11.3 Å². The molecule has 0 aliphatic heterocycles. The lowest BCUT2D eigenvalue weighted by molar-refractivity contribution is 0.199. The van der Waals surface area contributed by atoms with Crippen LogP contribution in [0.3, 0.4) is 0 Å². The molecule has 0 saturated heterocycles. The first-order valence-electron chi connectivity index (χ1n) is 5.75. The van der Waals surface area contributed by atoms with Crippen molar-refractivity contribution < 1.29 is 14.2 Å². The first-order valence-corrected chi connectivity index (χ1v) is 5.75. The highest BCUT2D eigenvalue weighted by Crippen LogP contribution is 2.26. The third-order valence-corrected chi connectivity index (χ3v) is 2.65. The molecule has 3 nitrogen and oxygen atoms in total.